The third-order valence-corrected chi connectivity index (χ3v) is 4.77. The molecule has 0 aliphatic carbocycles. The summed E-state index contributed by atoms with van der Waals surface area (Å²) in [6.07, 6.45) is 3.27. The first kappa shape index (κ1) is 18.4. The molecule has 2 aliphatic heterocycles. The molecule has 0 N–H and O–H groups in total. The molecule has 0 atom stereocenters. The zero-order valence-corrected chi connectivity index (χ0v) is 16.0. The van der Waals surface area contributed by atoms with Crippen LogP contribution in [0.25, 0.3) is 34.2 Å². The minimum atomic E-state index is -0.989. The second kappa shape index (κ2) is 7.31. The first-order valence-corrected chi connectivity index (χ1v) is 9.30. The molecule has 2 aliphatic rings. The summed E-state index contributed by atoms with van der Waals surface area (Å²) in [5.74, 6) is -0.911. The van der Waals surface area contributed by atoms with Gasteiger partial charge in [0.25, 0.3) is 0 Å². The number of hydrogen-bond donors (Lipinski definition) is 0. The van der Waals surface area contributed by atoms with Crippen LogP contribution in [0, 0.1) is 11.6 Å². The quantitative estimate of drug-likeness (QED) is 0.403. The molecule has 2 aromatic carbocycles. The molecule has 0 bridgehead atoms. The van der Waals surface area contributed by atoms with Crippen LogP contribution in [0.3, 0.4) is 0 Å². The SMILES string of the molecule is Fc1cccc(-c2nc3cn(Cc4cc(-c5ccc(Cl)cc5)no4)cnc-3n2)c1F. The van der Waals surface area contributed by atoms with E-state index in [2.05, 4.69) is 20.1 Å². The van der Waals surface area contributed by atoms with Crippen molar-refractivity contribution in [1.29, 1.82) is 0 Å². The highest BCUT2D eigenvalue weighted by molar-refractivity contribution is 6.30. The highest BCUT2D eigenvalue weighted by atomic mass is 35.5. The molecule has 5 rings (SSSR count). The standard InChI is InChI=1S/C21H12ClF2N5O/c22-13-6-4-12(5-7-13)17-8-14(30-28-17)9-29-10-18-21(25-11-29)27-20(26-18)15-2-1-3-16(23)19(15)24/h1-8,10-11H,9H2. The van der Waals surface area contributed by atoms with Gasteiger partial charge in [-0.25, -0.2) is 23.7 Å². The molecule has 3 heterocycles. The molecular weight excluding hydrogens is 412 g/mol. The Hall–Kier alpha value is -3.65. The number of hydrogen-bond acceptors (Lipinski definition) is 5. The summed E-state index contributed by atoms with van der Waals surface area (Å²) in [6.45, 7) is 0.361. The number of aromatic nitrogens is 5. The van der Waals surface area contributed by atoms with Crippen molar-refractivity contribution in [2.45, 2.75) is 6.54 Å². The van der Waals surface area contributed by atoms with Gasteiger partial charge in [-0.2, -0.15) is 0 Å². The van der Waals surface area contributed by atoms with Gasteiger partial charge in [0, 0.05) is 22.8 Å². The van der Waals surface area contributed by atoms with Gasteiger partial charge in [-0.05, 0) is 24.3 Å². The average molecular weight is 424 g/mol. The fourth-order valence-electron chi connectivity index (χ4n) is 3.06. The molecule has 30 heavy (non-hydrogen) atoms. The van der Waals surface area contributed by atoms with Gasteiger partial charge in [-0.1, -0.05) is 35.0 Å². The maximum absolute atomic E-state index is 14.0. The summed E-state index contributed by atoms with van der Waals surface area (Å²) in [7, 11) is 0. The summed E-state index contributed by atoms with van der Waals surface area (Å²) < 4.78 is 34.7. The second-order valence-corrected chi connectivity index (χ2v) is 7.03. The maximum atomic E-state index is 14.0. The van der Waals surface area contributed by atoms with Crippen LogP contribution in [-0.2, 0) is 6.54 Å². The Morgan fingerprint density at radius 1 is 0.967 bits per heavy atom. The zero-order valence-electron chi connectivity index (χ0n) is 15.3. The molecule has 0 saturated carbocycles. The minimum Gasteiger partial charge on any atom is -0.359 e. The van der Waals surface area contributed by atoms with E-state index in [1.54, 1.807) is 29.2 Å². The van der Waals surface area contributed by atoms with Crippen LogP contribution in [0.15, 0.2) is 65.6 Å². The number of halogens is 3. The molecular formula is C21H12ClF2N5O. The van der Waals surface area contributed by atoms with Gasteiger partial charge in [-0.3, -0.25) is 0 Å². The van der Waals surface area contributed by atoms with Crippen molar-refractivity contribution in [3.8, 4) is 34.2 Å². The van der Waals surface area contributed by atoms with Crippen molar-refractivity contribution in [1.82, 2.24) is 24.7 Å². The van der Waals surface area contributed by atoms with Gasteiger partial charge in [-0.15, -0.1) is 0 Å². The molecule has 148 valence electrons. The third-order valence-electron chi connectivity index (χ3n) is 4.51. The number of imidazole rings is 1. The van der Waals surface area contributed by atoms with Crippen LogP contribution in [0.1, 0.15) is 5.76 Å². The normalized spacial score (nSPS) is 11.3. The lowest BCUT2D eigenvalue weighted by Crippen LogP contribution is -2.02. The highest BCUT2D eigenvalue weighted by Crippen LogP contribution is 2.27. The molecule has 0 unspecified atom stereocenters. The van der Waals surface area contributed by atoms with Crippen molar-refractivity contribution < 1.29 is 13.3 Å². The summed E-state index contributed by atoms with van der Waals surface area (Å²) in [5.41, 5.74) is 2.01. The van der Waals surface area contributed by atoms with E-state index >= 15 is 0 Å². The van der Waals surface area contributed by atoms with Gasteiger partial charge < -0.3 is 9.09 Å². The number of fused-ring (bicyclic) bond motifs is 1. The van der Waals surface area contributed by atoms with E-state index in [1.165, 1.54) is 12.1 Å². The Morgan fingerprint density at radius 3 is 2.63 bits per heavy atom. The zero-order chi connectivity index (χ0) is 20.7. The second-order valence-electron chi connectivity index (χ2n) is 6.59. The molecule has 0 spiro atoms. The van der Waals surface area contributed by atoms with Crippen LogP contribution in [0.4, 0.5) is 8.78 Å². The number of nitrogens with zero attached hydrogens (tertiary/aromatic N) is 5. The molecule has 0 radical (unpaired) electrons. The summed E-state index contributed by atoms with van der Waals surface area (Å²) in [4.78, 5) is 12.7. The largest absolute Gasteiger partial charge is 0.359 e. The maximum Gasteiger partial charge on any atom is 0.183 e. The van der Waals surface area contributed by atoms with Gasteiger partial charge in [0.05, 0.1) is 18.4 Å². The summed E-state index contributed by atoms with van der Waals surface area (Å²) in [6, 6.07) is 13.0. The fourth-order valence-corrected chi connectivity index (χ4v) is 3.18. The molecule has 1 aromatic heterocycles. The molecule has 0 fully saturated rings. The van der Waals surface area contributed by atoms with E-state index < -0.39 is 11.6 Å². The lowest BCUT2D eigenvalue weighted by Gasteiger charge is -2.03. The van der Waals surface area contributed by atoms with Crippen molar-refractivity contribution in [3.63, 3.8) is 0 Å². The molecule has 0 amide bonds. The van der Waals surface area contributed by atoms with Crippen LogP contribution >= 0.6 is 11.6 Å². The lowest BCUT2D eigenvalue weighted by molar-refractivity contribution is 0.377. The summed E-state index contributed by atoms with van der Waals surface area (Å²) in [5, 5.41) is 4.72. The van der Waals surface area contributed by atoms with E-state index in [-0.39, 0.29) is 11.4 Å². The fraction of sp³-hybridized carbons (Fsp3) is 0.0476. The van der Waals surface area contributed by atoms with Crippen molar-refractivity contribution >= 4 is 11.6 Å². The molecule has 0 saturated heterocycles. The van der Waals surface area contributed by atoms with Crippen LogP contribution in [-0.4, -0.2) is 24.7 Å². The van der Waals surface area contributed by atoms with Crippen molar-refractivity contribution in [3.05, 3.63) is 83.5 Å². The van der Waals surface area contributed by atoms with Crippen LogP contribution in [0.2, 0.25) is 5.02 Å². The van der Waals surface area contributed by atoms with E-state index in [1.807, 2.05) is 18.2 Å². The van der Waals surface area contributed by atoms with E-state index in [0.29, 0.717) is 34.5 Å². The topological polar surface area (TPSA) is 69.6 Å². The Labute approximate surface area is 174 Å². The lowest BCUT2D eigenvalue weighted by atomic mass is 10.1. The highest BCUT2D eigenvalue weighted by Gasteiger charge is 2.18. The van der Waals surface area contributed by atoms with Gasteiger partial charge >= 0.3 is 0 Å². The smallest absolute Gasteiger partial charge is 0.183 e. The van der Waals surface area contributed by atoms with E-state index in [9.17, 15) is 8.78 Å². The van der Waals surface area contributed by atoms with Gasteiger partial charge in [0.1, 0.15) is 11.4 Å². The Kier molecular flexibility index (Phi) is 4.48. The number of benzene rings is 2. The van der Waals surface area contributed by atoms with E-state index in [4.69, 9.17) is 16.1 Å². The average Bonchev–Trinajstić information content (AvgIpc) is 3.37. The van der Waals surface area contributed by atoms with E-state index in [0.717, 1.165) is 11.6 Å². The van der Waals surface area contributed by atoms with Gasteiger partial charge in [0.2, 0.25) is 0 Å². The minimum absolute atomic E-state index is 0.0117. The molecule has 9 heteroatoms. The monoisotopic (exact) mass is 423 g/mol. The molecule has 3 aromatic rings. The first-order chi connectivity index (χ1) is 14.6. The van der Waals surface area contributed by atoms with Crippen molar-refractivity contribution in [2.75, 3.05) is 0 Å². The predicted molar refractivity (Wildman–Crippen MR) is 106 cm³/mol. The third kappa shape index (κ3) is 3.42. The van der Waals surface area contributed by atoms with Crippen LogP contribution in [0.5, 0.6) is 0 Å². The summed E-state index contributed by atoms with van der Waals surface area (Å²) >= 11 is 5.91. The van der Waals surface area contributed by atoms with Crippen LogP contribution < -0.4 is 0 Å². The predicted octanol–water partition coefficient (Wildman–Crippen LogP) is 5.08. The van der Waals surface area contributed by atoms with Crippen molar-refractivity contribution in [2.24, 2.45) is 0 Å². The first-order valence-electron chi connectivity index (χ1n) is 8.92. The Balaban J connectivity index is 1.42. The Bertz CT molecular complexity index is 1320. The molecule has 6 nitrogen and oxygen atoms in total. The van der Waals surface area contributed by atoms with Gasteiger partial charge in [0.15, 0.2) is 29.0 Å². The Morgan fingerprint density at radius 2 is 1.80 bits per heavy atom. The number of rotatable bonds is 4.